The first kappa shape index (κ1) is 24.3. The summed E-state index contributed by atoms with van der Waals surface area (Å²) >= 11 is 0. The Hall–Kier alpha value is -3.84. The van der Waals surface area contributed by atoms with Gasteiger partial charge in [-0.2, -0.15) is 0 Å². The number of anilines is 2. The maximum absolute atomic E-state index is 12.8. The molecule has 35 heavy (non-hydrogen) atoms. The molecule has 0 unspecified atom stereocenters. The van der Waals surface area contributed by atoms with Crippen LogP contribution in [0.3, 0.4) is 0 Å². The lowest BCUT2D eigenvalue weighted by Crippen LogP contribution is -2.46. The fourth-order valence-corrected chi connectivity index (χ4v) is 4.09. The molecule has 3 aromatic rings. The number of benzene rings is 2. The van der Waals surface area contributed by atoms with E-state index in [2.05, 4.69) is 22.0 Å². The molecule has 1 fully saturated rings. The molecule has 0 radical (unpaired) electrons. The van der Waals surface area contributed by atoms with Gasteiger partial charge in [0.1, 0.15) is 11.5 Å². The standard InChI is InChI=1S/C28H31N3O4/c1-3-30-16-18-31(19-17-30)25-13-10-22(28(33)34-4-2)20-24(25)29-27(32)15-12-23-11-14-26(35-23)21-8-6-5-7-9-21/h5-15,20H,3-4,16-19H2,1-2H3,(H,29,32)/b15-12+. The van der Waals surface area contributed by atoms with Crippen molar-refractivity contribution < 1.29 is 18.7 Å². The van der Waals surface area contributed by atoms with Crippen molar-refractivity contribution in [2.24, 2.45) is 0 Å². The zero-order valence-electron chi connectivity index (χ0n) is 20.2. The topological polar surface area (TPSA) is 75.0 Å². The second-order valence-electron chi connectivity index (χ2n) is 8.26. The fourth-order valence-electron chi connectivity index (χ4n) is 4.09. The molecule has 1 aliphatic rings. The molecule has 1 amide bonds. The maximum atomic E-state index is 12.8. The molecule has 7 heteroatoms. The Morgan fingerprint density at radius 3 is 2.49 bits per heavy atom. The van der Waals surface area contributed by atoms with E-state index in [4.69, 9.17) is 9.15 Å². The molecule has 1 saturated heterocycles. The normalized spacial score (nSPS) is 14.3. The largest absolute Gasteiger partial charge is 0.462 e. The highest BCUT2D eigenvalue weighted by Crippen LogP contribution is 2.29. The monoisotopic (exact) mass is 473 g/mol. The molecular weight excluding hydrogens is 442 g/mol. The van der Waals surface area contributed by atoms with Gasteiger partial charge < -0.3 is 24.3 Å². The number of hydrogen-bond donors (Lipinski definition) is 1. The number of likely N-dealkylation sites (N-methyl/N-ethyl adjacent to an activating group) is 1. The number of furan rings is 1. The van der Waals surface area contributed by atoms with E-state index in [1.165, 1.54) is 6.08 Å². The van der Waals surface area contributed by atoms with Crippen LogP contribution in [0.1, 0.15) is 30.0 Å². The van der Waals surface area contributed by atoms with Crippen molar-refractivity contribution in [3.8, 4) is 11.3 Å². The van der Waals surface area contributed by atoms with Gasteiger partial charge in [-0.25, -0.2) is 4.79 Å². The summed E-state index contributed by atoms with van der Waals surface area (Å²) in [6, 6.07) is 18.8. The summed E-state index contributed by atoms with van der Waals surface area (Å²) < 4.78 is 11.0. The van der Waals surface area contributed by atoms with Crippen LogP contribution in [0.15, 0.2) is 71.2 Å². The second-order valence-corrected chi connectivity index (χ2v) is 8.26. The number of rotatable bonds is 8. The number of carbonyl (C=O) groups excluding carboxylic acids is 2. The van der Waals surface area contributed by atoms with Crippen molar-refractivity contribution in [3.63, 3.8) is 0 Å². The molecule has 1 aromatic heterocycles. The van der Waals surface area contributed by atoms with E-state index in [0.717, 1.165) is 49.7 Å². The van der Waals surface area contributed by atoms with Crippen molar-refractivity contribution in [3.05, 3.63) is 78.1 Å². The summed E-state index contributed by atoms with van der Waals surface area (Å²) in [5.41, 5.74) is 2.85. The Morgan fingerprint density at radius 2 is 1.77 bits per heavy atom. The molecule has 0 bridgehead atoms. The van der Waals surface area contributed by atoms with Crippen LogP contribution < -0.4 is 10.2 Å². The van der Waals surface area contributed by atoms with Gasteiger partial charge in [0.05, 0.1) is 23.5 Å². The van der Waals surface area contributed by atoms with Gasteiger partial charge in [0, 0.05) is 37.8 Å². The van der Waals surface area contributed by atoms with Crippen molar-refractivity contribution in [2.45, 2.75) is 13.8 Å². The lowest BCUT2D eigenvalue weighted by molar-refractivity contribution is -0.111. The number of esters is 1. The molecule has 0 aliphatic carbocycles. The predicted octanol–water partition coefficient (Wildman–Crippen LogP) is 4.92. The van der Waals surface area contributed by atoms with Crippen LogP contribution in [0.25, 0.3) is 17.4 Å². The summed E-state index contributed by atoms with van der Waals surface area (Å²) in [6.07, 6.45) is 3.07. The Bertz CT molecular complexity index is 1180. The number of piperazine rings is 1. The fraction of sp³-hybridized carbons (Fsp3) is 0.286. The van der Waals surface area contributed by atoms with Crippen LogP contribution in [0.5, 0.6) is 0 Å². The first-order valence-corrected chi connectivity index (χ1v) is 12.0. The van der Waals surface area contributed by atoms with Gasteiger partial charge in [0.25, 0.3) is 0 Å². The summed E-state index contributed by atoms with van der Waals surface area (Å²) in [5, 5.41) is 2.95. The van der Waals surface area contributed by atoms with E-state index in [1.54, 1.807) is 25.1 Å². The van der Waals surface area contributed by atoms with E-state index in [-0.39, 0.29) is 12.5 Å². The van der Waals surface area contributed by atoms with E-state index in [0.29, 0.717) is 17.0 Å². The Labute approximate surface area is 206 Å². The average Bonchev–Trinajstić information content (AvgIpc) is 3.37. The molecule has 182 valence electrons. The molecule has 7 nitrogen and oxygen atoms in total. The maximum Gasteiger partial charge on any atom is 0.338 e. The quantitative estimate of drug-likeness (QED) is 0.370. The van der Waals surface area contributed by atoms with Crippen molar-refractivity contribution in [1.29, 1.82) is 0 Å². The third-order valence-corrected chi connectivity index (χ3v) is 6.01. The number of hydrogen-bond acceptors (Lipinski definition) is 6. The second kappa shape index (κ2) is 11.5. The van der Waals surface area contributed by atoms with Gasteiger partial charge >= 0.3 is 5.97 Å². The van der Waals surface area contributed by atoms with Gasteiger partial charge in [-0.1, -0.05) is 37.3 Å². The number of carbonyl (C=O) groups is 2. The van der Waals surface area contributed by atoms with E-state index in [9.17, 15) is 9.59 Å². The van der Waals surface area contributed by atoms with E-state index < -0.39 is 5.97 Å². The summed E-state index contributed by atoms with van der Waals surface area (Å²) in [5.74, 6) is 0.596. The van der Waals surface area contributed by atoms with Crippen molar-refractivity contribution in [2.75, 3.05) is 49.5 Å². The zero-order valence-corrected chi connectivity index (χ0v) is 20.2. The van der Waals surface area contributed by atoms with Crippen LogP contribution in [0, 0.1) is 0 Å². The van der Waals surface area contributed by atoms with Crippen LogP contribution in [0.4, 0.5) is 11.4 Å². The smallest absolute Gasteiger partial charge is 0.338 e. The number of ether oxygens (including phenoxy) is 1. The highest BCUT2D eigenvalue weighted by molar-refractivity contribution is 6.05. The van der Waals surface area contributed by atoms with Gasteiger partial charge in [0.2, 0.25) is 5.91 Å². The number of nitrogens with one attached hydrogen (secondary N) is 1. The lowest BCUT2D eigenvalue weighted by atomic mass is 10.1. The van der Waals surface area contributed by atoms with Crippen LogP contribution in [0.2, 0.25) is 0 Å². The Balaban J connectivity index is 1.51. The van der Waals surface area contributed by atoms with E-state index in [1.807, 2.05) is 48.5 Å². The Kier molecular flexibility index (Phi) is 8.00. The number of nitrogens with zero attached hydrogens (tertiary/aromatic N) is 2. The predicted molar refractivity (Wildman–Crippen MR) is 139 cm³/mol. The highest BCUT2D eigenvalue weighted by atomic mass is 16.5. The van der Waals surface area contributed by atoms with Crippen molar-refractivity contribution in [1.82, 2.24) is 4.90 Å². The van der Waals surface area contributed by atoms with Gasteiger partial charge in [-0.15, -0.1) is 0 Å². The average molecular weight is 474 g/mol. The molecule has 0 saturated carbocycles. The lowest BCUT2D eigenvalue weighted by Gasteiger charge is -2.36. The minimum Gasteiger partial charge on any atom is -0.462 e. The molecule has 0 atom stereocenters. The molecule has 2 heterocycles. The first-order valence-electron chi connectivity index (χ1n) is 12.0. The van der Waals surface area contributed by atoms with Crippen LogP contribution in [-0.2, 0) is 9.53 Å². The van der Waals surface area contributed by atoms with E-state index >= 15 is 0 Å². The molecule has 1 aliphatic heterocycles. The zero-order chi connectivity index (χ0) is 24.6. The number of amides is 1. The van der Waals surface area contributed by atoms with Gasteiger partial charge in [-0.05, 0) is 49.9 Å². The molecular formula is C28H31N3O4. The minimum atomic E-state index is -0.412. The van der Waals surface area contributed by atoms with Crippen LogP contribution >= 0.6 is 0 Å². The Morgan fingerprint density at radius 1 is 1.00 bits per heavy atom. The molecule has 1 N–H and O–H groups in total. The van der Waals surface area contributed by atoms with Crippen molar-refractivity contribution >= 4 is 29.3 Å². The third-order valence-electron chi connectivity index (χ3n) is 6.01. The summed E-state index contributed by atoms with van der Waals surface area (Å²) in [4.78, 5) is 29.7. The SMILES string of the molecule is CCOC(=O)c1ccc(N2CCN(CC)CC2)c(NC(=O)/C=C/c2ccc(-c3ccccc3)o2)c1. The van der Waals surface area contributed by atoms with Gasteiger partial charge in [0.15, 0.2) is 0 Å². The molecule has 0 spiro atoms. The third kappa shape index (κ3) is 6.19. The van der Waals surface area contributed by atoms with Gasteiger partial charge in [-0.3, -0.25) is 4.79 Å². The summed E-state index contributed by atoms with van der Waals surface area (Å²) in [7, 11) is 0. The molecule has 4 rings (SSSR count). The molecule has 2 aromatic carbocycles. The van der Waals surface area contributed by atoms with Crippen LogP contribution in [-0.4, -0.2) is 56.1 Å². The highest BCUT2D eigenvalue weighted by Gasteiger charge is 2.20. The minimum absolute atomic E-state index is 0.290. The summed E-state index contributed by atoms with van der Waals surface area (Å²) in [6.45, 7) is 8.83. The first-order chi connectivity index (χ1) is 17.1.